The molecule has 3 aliphatic rings. The van der Waals surface area contributed by atoms with Gasteiger partial charge in [0.15, 0.2) is 0 Å². The summed E-state index contributed by atoms with van der Waals surface area (Å²) >= 11 is 0. The Balaban J connectivity index is 1.24. The van der Waals surface area contributed by atoms with Gasteiger partial charge < -0.3 is 9.47 Å². The van der Waals surface area contributed by atoms with Crippen molar-refractivity contribution in [2.24, 2.45) is 5.92 Å². The summed E-state index contributed by atoms with van der Waals surface area (Å²) in [4.78, 5) is 15.3. The molecule has 1 aromatic carbocycles. The van der Waals surface area contributed by atoms with Crippen LogP contribution >= 0.6 is 0 Å². The molecule has 2 aromatic heterocycles. The van der Waals surface area contributed by atoms with Crippen molar-refractivity contribution in [2.45, 2.75) is 64.1 Å². The van der Waals surface area contributed by atoms with Crippen molar-refractivity contribution in [1.82, 2.24) is 24.3 Å². The van der Waals surface area contributed by atoms with E-state index in [9.17, 15) is 0 Å². The maximum Gasteiger partial charge on any atom is 0.124 e. The van der Waals surface area contributed by atoms with Crippen LogP contribution in [0.5, 0.6) is 0 Å². The first-order valence-electron chi connectivity index (χ1n) is 12.7. The molecule has 0 spiro atoms. The molecule has 0 unspecified atom stereocenters. The second-order valence-electron chi connectivity index (χ2n) is 9.97. The molecule has 2 aliphatic heterocycles. The minimum atomic E-state index is 0.460. The fourth-order valence-corrected chi connectivity index (χ4v) is 6.38. The first-order chi connectivity index (χ1) is 15.9. The van der Waals surface area contributed by atoms with Crippen LogP contribution in [0.1, 0.15) is 61.6 Å². The van der Waals surface area contributed by atoms with Gasteiger partial charge in [-0.05, 0) is 94.4 Å². The zero-order chi connectivity index (χ0) is 21.3. The molecule has 0 N–H and O–H groups in total. The van der Waals surface area contributed by atoms with Gasteiger partial charge in [0.25, 0.3) is 0 Å². The Kier molecular flexibility index (Phi) is 5.70. The van der Waals surface area contributed by atoms with Crippen LogP contribution in [0.25, 0.3) is 11.0 Å². The summed E-state index contributed by atoms with van der Waals surface area (Å²) in [5.74, 6) is 1.97. The number of fused-ring (bicyclic) bond motifs is 4. The zero-order valence-electron chi connectivity index (χ0n) is 19.1. The number of piperidine rings is 1. The van der Waals surface area contributed by atoms with E-state index in [0.717, 1.165) is 31.1 Å². The van der Waals surface area contributed by atoms with Crippen LogP contribution in [0.2, 0.25) is 0 Å². The highest BCUT2D eigenvalue weighted by Gasteiger charge is 2.40. The van der Waals surface area contributed by atoms with Gasteiger partial charge in [0, 0.05) is 12.7 Å². The normalized spacial score (nSPS) is 24.0. The van der Waals surface area contributed by atoms with Crippen LogP contribution in [-0.2, 0) is 19.5 Å². The van der Waals surface area contributed by atoms with Gasteiger partial charge in [0.05, 0.1) is 29.3 Å². The molecule has 3 aromatic rings. The number of hydrogen-bond acceptors (Lipinski definition) is 4. The van der Waals surface area contributed by atoms with E-state index in [1.165, 1.54) is 87.2 Å². The smallest absolute Gasteiger partial charge is 0.124 e. The first-order valence-corrected chi connectivity index (χ1v) is 12.7. The molecule has 4 heterocycles. The summed E-state index contributed by atoms with van der Waals surface area (Å²) in [5, 5.41) is 0. The summed E-state index contributed by atoms with van der Waals surface area (Å²) in [6.45, 7) is 6.90. The second kappa shape index (κ2) is 8.95. The highest BCUT2D eigenvalue weighted by molar-refractivity contribution is 5.75. The predicted octanol–water partition coefficient (Wildman–Crippen LogP) is 4.82. The Bertz CT molecular complexity index is 1070. The minimum absolute atomic E-state index is 0.460. The fraction of sp³-hybridized carbons (Fsp3) is 0.556. The van der Waals surface area contributed by atoms with Gasteiger partial charge in [0.1, 0.15) is 5.82 Å². The molecule has 2 saturated heterocycles. The Morgan fingerprint density at radius 2 is 1.81 bits per heavy atom. The van der Waals surface area contributed by atoms with Gasteiger partial charge in [-0.1, -0.05) is 24.6 Å². The monoisotopic (exact) mass is 429 g/mol. The van der Waals surface area contributed by atoms with E-state index >= 15 is 0 Å². The summed E-state index contributed by atoms with van der Waals surface area (Å²) in [5.41, 5.74) is 5.21. The SMILES string of the molecule is c1cnc2c(c1)CC[C@@H]1CCN(Cc3nc4ccccc4n3CCCN3CCCCC3)[C@@H]21. The van der Waals surface area contributed by atoms with E-state index in [1.807, 2.05) is 6.20 Å². The number of para-hydroxylation sites is 2. The molecule has 1 aliphatic carbocycles. The lowest BCUT2D eigenvalue weighted by molar-refractivity contribution is 0.194. The van der Waals surface area contributed by atoms with Gasteiger partial charge in [-0.15, -0.1) is 0 Å². The molecule has 5 nitrogen and oxygen atoms in total. The van der Waals surface area contributed by atoms with Crippen LogP contribution < -0.4 is 0 Å². The molecule has 5 heteroatoms. The van der Waals surface area contributed by atoms with Gasteiger partial charge in [-0.3, -0.25) is 9.88 Å². The maximum atomic E-state index is 5.12. The first kappa shape index (κ1) is 20.4. The molecule has 168 valence electrons. The van der Waals surface area contributed by atoms with Crippen molar-refractivity contribution >= 4 is 11.0 Å². The van der Waals surface area contributed by atoms with Crippen LogP contribution in [0, 0.1) is 5.92 Å². The van der Waals surface area contributed by atoms with Crippen molar-refractivity contribution in [2.75, 3.05) is 26.2 Å². The van der Waals surface area contributed by atoms with Crippen LogP contribution in [-0.4, -0.2) is 50.5 Å². The maximum absolute atomic E-state index is 5.12. The average Bonchev–Trinajstić information content (AvgIpc) is 3.41. The van der Waals surface area contributed by atoms with E-state index in [4.69, 9.17) is 9.97 Å². The number of hydrogen-bond donors (Lipinski definition) is 0. The molecule has 2 fully saturated rings. The predicted molar refractivity (Wildman–Crippen MR) is 128 cm³/mol. The van der Waals surface area contributed by atoms with Crippen molar-refractivity contribution in [3.8, 4) is 0 Å². The number of nitrogens with zero attached hydrogens (tertiary/aromatic N) is 5. The van der Waals surface area contributed by atoms with Crippen molar-refractivity contribution in [3.05, 3.63) is 59.7 Å². The number of pyridine rings is 1. The number of aryl methyl sites for hydroxylation is 2. The lowest BCUT2D eigenvalue weighted by atomic mass is 9.83. The van der Waals surface area contributed by atoms with E-state index in [2.05, 4.69) is 50.8 Å². The van der Waals surface area contributed by atoms with E-state index < -0.39 is 0 Å². The molecule has 0 radical (unpaired) electrons. The topological polar surface area (TPSA) is 37.2 Å². The van der Waals surface area contributed by atoms with Crippen molar-refractivity contribution in [3.63, 3.8) is 0 Å². The summed E-state index contributed by atoms with van der Waals surface area (Å²) in [6.07, 6.45) is 11.1. The molecule has 0 saturated carbocycles. The van der Waals surface area contributed by atoms with E-state index in [1.54, 1.807) is 0 Å². The van der Waals surface area contributed by atoms with Gasteiger partial charge in [-0.2, -0.15) is 0 Å². The summed E-state index contributed by atoms with van der Waals surface area (Å²) in [6, 6.07) is 13.5. The molecule has 2 atom stereocenters. The lowest BCUT2D eigenvalue weighted by Gasteiger charge is -2.32. The van der Waals surface area contributed by atoms with Crippen molar-refractivity contribution in [1.29, 1.82) is 0 Å². The second-order valence-corrected chi connectivity index (χ2v) is 9.97. The molecule has 6 rings (SSSR count). The number of likely N-dealkylation sites (tertiary alicyclic amines) is 2. The Hall–Kier alpha value is -2.24. The number of aromatic nitrogens is 3. The Morgan fingerprint density at radius 1 is 0.906 bits per heavy atom. The Labute approximate surface area is 191 Å². The highest BCUT2D eigenvalue weighted by atomic mass is 15.2. The quantitative estimate of drug-likeness (QED) is 0.563. The van der Waals surface area contributed by atoms with E-state index in [0.29, 0.717) is 6.04 Å². The lowest BCUT2D eigenvalue weighted by Crippen LogP contribution is -2.32. The molecule has 0 bridgehead atoms. The number of imidazole rings is 1. The third-order valence-corrected chi connectivity index (χ3v) is 8.00. The number of rotatable bonds is 6. The Morgan fingerprint density at radius 3 is 2.75 bits per heavy atom. The summed E-state index contributed by atoms with van der Waals surface area (Å²) in [7, 11) is 0. The molecular formula is C27H35N5. The average molecular weight is 430 g/mol. The fourth-order valence-electron chi connectivity index (χ4n) is 6.38. The van der Waals surface area contributed by atoms with Crippen LogP contribution in [0.15, 0.2) is 42.6 Å². The van der Waals surface area contributed by atoms with Gasteiger partial charge in [-0.25, -0.2) is 4.98 Å². The number of benzene rings is 1. The zero-order valence-corrected chi connectivity index (χ0v) is 19.1. The van der Waals surface area contributed by atoms with Crippen molar-refractivity contribution < 1.29 is 0 Å². The minimum Gasteiger partial charge on any atom is -0.327 e. The molecular weight excluding hydrogens is 394 g/mol. The van der Waals surface area contributed by atoms with Crippen LogP contribution in [0.4, 0.5) is 0 Å². The van der Waals surface area contributed by atoms with Crippen LogP contribution in [0.3, 0.4) is 0 Å². The third kappa shape index (κ3) is 3.86. The standard InChI is InChI=1S/C27H35N5/c1-4-15-30(16-5-1)17-7-18-32-24-10-3-2-9-23(24)29-25(32)20-31-19-13-22-12-11-21-8-6-14-28-26(21)27(22)31/h2-3,6,8-10,14,22,27H,1,4-5,7,11-13,15-20H2/t22-,27-/m1/s1. The third-order valence-electron chi connectivity index (χ3n) is 8.00. The largest absolute Gasteiger partial charge is 0.327 e. The van der Waals surface area contributed by atoms with E-state index in [-0.39, 0.29) is 0 Å². The molecule has 32 heavy (non-hydrogen) atoms. The molecule has 0 amide bonds. The van der Waals surface area contributed by atoms with Gasteiger partial charge >= 0.3 is 0 Å². The van der Waals surface area contributed by atoms with Gasteiger partial charge in [0.2, 0.25) is 0 Å². The highest BCUT2D eigenvalue weighted by Crippen LogP contribution is 2.44. The summed E-state index contributed by atoms with van der Waals surface area (Å²) < 4.78 is 2.51.